The molecule has 0 amide bonds. The van der Waals surface area contributed by atoms with E-state index in [4.69, 9.17) is 23.2 Å². The normalized spacial score (nSPS) is 11.6. The maximum atomic E-state index is 6.12. The maximum Gasteiger partial charge on any atom is 0.152 e. The first-order chi connectivity index (χ1) is 13.6. The first-order valence-electron chi connectivity index (χ1n) is 9.31. The van der Waals surface area contributed by atoms with Crippen LogP contribution in [-0.2, 0) is 13.0 Å². The number of nitrogens with one attached hydrogen (secondary N) is 1. The molecule has 0 aliphatic heterocycles. The van der Waals surface area contributed by atoms with Gasteiger partial charge in [0.15, 0.2) is 5.84 Å². The third-order valence-electron chi connectivity index (χ3n) is 4.59. The summed E-state index contributed by atoms with van der Waals surface area (Å²) in [6.45, 7) is 2.91. The molecule has 0 saturated heterocycles. The van der Waals surface area contributed by atoms with Crippen molar-refractivity contribution in [3.05, 3.63) is 76.8 Å². The first kappa shape index (κ1) is 19.9. The van der Waals surface area contributed by atoms with Crippen LogP contribution < -0.4 is 17.1 Å². The number of aryl methyl sites for hydroxylation is 1. The van der Waals surface area contributed by atoms with Crippen molar-refractivity contribution in [2.24, 2.45) is 16.7 Å². The molecule has 28 heavy (non-hydrogen) atoms. The highest BCUT2D eigenvalue weighted by Crippen LogP contribution is 2.24. The molecular formula is C21H25ClN6. The van der Waals surface area contributed by atoms with E-state index in [-0.39, 0.29) is 0 Å². The number of amidine groups is 1. The van der Waals surface area contributed by atoms with Crippen LogP contribution in [0.5, 0.6) is 0 Å². The van der Waals surface area contributed by atoms with Crippen molar-refractivity contribution in [3.8, 4) is 11.1 Å². The number of nitrogens with zero attached hydrogens (tertiary/aromatic N) is 3. The van der Waals surface area contributed by atoms with Crippen molar-refractivity contribution in [3.63, 3.8) is 0 Å². The molecule has 0 unspecified atom stereocenters. The Balaban J connectivity index is 1.83. The highest BCUT2D eigenvalue weighted by molar-refractivity contribution is 6.29. The van der Waals surface area contributed by atoms with Gasteiger partial charge in [-0.05, 0) is 23.1 Å². The Morgan fingerprint density at radius 2 is 1.93 bits per heavy atom. The number of unbranched alkanes of at least 4 members (excludes halogenated alkanes) is 1. The average Bonchev–Trinajstić information content (AvgIpc) is 3.06. The molecule has 0 atom stereocenters. The molecule has 5 N–H and O–H groups in total. The van der Waals surface area contributed by atoms with E-state index >= 15 is 0 Å². The third-order valence-corrected chi connectivity index (χ3v) is 4.77. The summed E-state index contributed by atoms with van der Waals surface area (Å²) in [5.74, 6) is 6.63. The molecule has 0 spiro atoms. The number of hydrogen-bond acceptors (Lipinski definition) is 4. The minimum atomic E-state index is 0.343. The van der Waals surface area contributed by atoms with Crippen LogP contribution in [0.1, 0.15) is 36.7 Å². The van der Waals surface area contributed by atoms with Crippen LogP contribution in [0.2, 0.25) is 5.15 Å². The van der Waals surface area contributed by atoms with Crippen molar-refractivity contribution in [2.45, 2.75) is 32.7 Å². The zero-order valence-corrected chi connectivity index (χ0v) is 16.7. The number of hydrazine groups is 1. The van der Waals surface area contributed by atoms with E-state index in [0.29, 0.717) is 11.0 Å². The minimum absolute atomic E-state index is 0.343. The van der Waals surface area contributed by atoms with Crippen molar-refractivity contribution in [1.82, 2.24) is 15.1 Å². The molecule has 0 radical (unpaired) electrons. The summed E-state index contributed by atoms with van der Waals surface area (Å²) in [5, 5.41) is 4.43. The van der Waals surface area contributed by atoms with Gasteiger partial charge >= 0.3 is 0 Å². The summed E-state index contributed by atoms with van der Waals surface area (Å²) in [6, 6.07) is 16.2. The second-order valence-electron chi connectivity index (χ2n) is 6.58. The van der Waals surface area contributed by atoms with Crippen molar-refractivity contribution < 1.29 is 0 Å². The highest BCUT2D eigenvalue weighted by atomic mass is 35.5. The number of rotatable bonds is 8. The molecule has 7 heteroatoms. The van der Waals surface area contributed by atoms with E-state index in [1.165, 1.54) is 5.56 Å². The SMILES string of the molecule is CCCCc1nc(Cl)cn1Cc1ccc(-c2ccccc2/C(N)=N/NN)cc1. The van der Waals surface area contributed by atoms with E-state index in [1.807, 2.05) is 30.5 Å². The van der Waals surface area contributed by atoms with Gasteiger partial charge in [-0.25, -0.2) is 16.4 Å². The van der Waals surface area contributed by atoms with E-state index in [1.54, 1.807) is 0 Å². The van der Waals surface area contributed by atoms with Crippen molar-refractivity contribution in [1.29, 1.82) is 0 Å². The summed E-state index contributed by atoms with van der Waals surface area (Å²) in [5.41, 5.74) is 12.3. The largest absolute Gasteiger partial charge is 0.382 e. The molecule has 1 aromatic heterocycles. The number of halogens is 1. The first-order valence-corrected chi connectivity index (χ1v) is 9.69. The van der Waals surface area contributed by atoms with Gasteiger partial charge in [0.1, 0.15) is 11.0 Å². The number of nitrogens with two attached hydrogens (primary N) is 2. The zero-order valence-electron chi connectivity index (χ0n) is 15.9. The quantitative estimate of drug-likeness (QED) is 0.234. The smallest absolute Gasteiger partial charge is 0.152 e. The Labute approximate surface area is 170 Å². The van der Waals surface area contributed by atoms with Crippen LogP contribution in [0.4, 0.5) is 0 Å². The van der Waals surface area contributed by atoms with E-state index in [0.717, 1.165) is 48.3 Å². The van der Waals surface area contributed by atoms with Gasteiger partial charge in [0.05, 0.1) is 0 Å². The molecule has 1 heterocycles. The van der Waals surface area contributed by atoms with Crippen LogP contribution in [0, 0.1) is 0 Å². The average molecular weight is 397 g/mol. The van der Waals surface area contributed by atoms with Gasteiger partial charge in [-0.1, -0.05) is 73.5 Å². The highest BCUT2D eigenvalue weighted by Gasteiger charge is 2.10. The monoisotopic (exact) mass is 396 g/mol. The van der Waals surface area contributed by atoms with Gasteiger partial charge in [0.25, 0.3) is 0 Å². The molecule has 146 valence electrons. The van der Waals surface area contributed by atoms with Crippen LogP contribution in [0.3, 0.4) is 0 Å². The molecule has 6 nitrogen and oxygen atoms in total. The Morgan fingerprint density at radius 1 is 1.18 bits per heavy atom. The van der Waals surface area contributed by atoms with Crippen LogP contribution in [-0.4, -0.2) is 15.4 Å². The topological polar surface area (TPSA) is 94.2 Å². The Bertz CT molecular complexity index is 946. The summed E-state index contributed by atoms with van der Waals surface area (Å²) in [4.78, 5) is 4.44. The number of benzene rings is 2. The lowest BCUT2D eigenvalue weighted by Gasteiger charge is -2.11. The van der Waals surface area contributed by atoms with E-state index < -0.39 is 0 Å². The molecule has 0 saturated carbocycles. The third kappa shape index (κ3) is 4.71. The van der Waals surface area contributed by atoms with E-state index in [9.17, 15) is 0 Å². The summed E-state index contributed by atoms with van der Waals surface area (Å²) in [6.07, 6.45) is 5.06. The standard InChI is InChI=1S/C21H25ClN6/c1-2-3-8-20-25-19(22)14-28(20)13-15-9-11-16(12-10-15)17-6-4-5-7-18(17)21(23)26-27-24/h4-7,9-12,14,27H,2-3,8,13,24H2,1H3,(H2,23,26). The molecule has 0 aliphatic carbocycles. The van der Waals surface area contributed by atoms with Crippen LogP contribution in [0.25, 0.3) is 11.1 Å². The fraction of sp³-hybridized carbons (Fsp3) is 0.238. The van der Waals surface area contributed by atoms with Crippen LogP contribution in [0.15, 0.2) is 59.8 Å². The van der Waals surface area contributed by atoms with Gasteiger partial charge in [0.2, 0.25) is 0 Å². The van der Waals surface area contributed by atoms with Gasteiger partial charge in [0, 0.05) is 24.7 Å². The minimum Gasteiger partial charge on any atom is -0.382 e. The molecule has 0 aliphatic rings. The predicted octanol–water partition coefficient (Wildman–Crippen LogP) is 3.68. The van der Waals surface area contributed by atoms with Crippen molar-refractivity contribution in [2.75, 3.05) is 0 Å². The summed E-state index contributed by atoms with van der Waals surface area (Å²) < 4.78 is 2.12. The van der Waals surface area contributed by atoms with Gasteiger partial charge < -0.3 is 10.3 Å². The summed E-state index contributed by atoms with van der Waals surface area (Å²) >= 11 is 6.12. The lowest BCUT2D eigenvalue weighted by molar-refractivity contribution is 0.678. The lowest BCUT2D eigenvalue weighted by atomic mass is 9.98. The fourth-order valence-electron chi connectivity index (χ4n) is 3.17. The predicted molar refractivity (Wildman–Crippen MR) is 115 cm³/mol. The molecule has 2 aromatic carbocycles. The number of imidazole rings is 1. The van der Waals surface area contributed by atoms with Gasteiger partial charge in [-0.2, -0.15) is 0 Å². The second kappa shape index (κ2) is 9.39. The van der Waals surface area contributed by atoms with Gasteiger partial charge in [-0.3, -0.25) is 0 Å². The lowest BCUT2D eigenvalue weighted by Crippen LogP contribution is -2.23. The Kier molecular flexibility index (Phi) is 6.68. The molecule has 0 fully saturated rings. The molecular weight excluding hydrogens is 372 g/mol. The summed E-state index contributed by atoms with van der Waals surface area (Å²) in [7, 11) is 0. The fourth-order valence-corrected chi connectivity index (χ4v) is 3.38. The molecule has 3 rings (SSSR count). The number of aromatic nitrogens is 2. The molecule has 0 bridgehead atoms. The van der Waals surface area contributed by atoms with Crippen LogP contribution >= 0.6 is 11.6 Å². The Morgan fingerprint density at radius 3 is 2.64 bits per heavy atom. The van der Waals surface area contributed by atoms with Crippen molar-refractivity contribution >= 4 is 17.4 Å². The molecule has 3 aromatic rings. The number of hydrazone groups is 1. The number of hydrogen-bond donors (Lipinski definition) is 3. The zero-order chi connectivity index (χ0) is 19.9. The maximum absolute atomic E-state index is 6.12. The second-order valence-corrected chi connectivity index (χ2v) is 6.97. The Hall–Kier alpha value is -2.83. The van der Waals surface area contributed by atoms with E-state index in [2.05, 4.69) is 51.4 Å². The van der Waals surface area contributed by atoms with Gasteiger partial charge in [-0.15, -0.1) is 5.10 Å².